The van der Waals surface area contributed by atoms with Crippen molar-refractivity contribution in [1.82, 2.24) is 19.7 Å². The topological polar surface area (TPSA) is 46.8 Å². The SMILES string of the molecule is Cc1cccc2c(N3CCCC(c4nnc5n4CCC5)C3)ccnc12. The molecule has 0 spiro atoms. The minimum atomic E-state index is 0.473. The second-order valence-electron chi connectivity index (χ2n) is 7.32. The second kappa shape index (κ2) is 5.83. The highest BCUT2D eigenvalue weighted by Crippen LogP contribution is 2.34. The Kier molecular flexibility index (Phi) is 3.47. The van der Waals surface area contributed by atoms with Crippen LogP contribution in [0.15, 0.2) is 30.5 Å². The van der Waals surface area contributed by atoms with Crippen LogP contribution in [-0.4, -0.2) is 32.8 Å². The number of benzene rings is 1. The smallest absolute Gasteiger partial charge is 0.137 e. The number of anilines is 1. The maximum atomic E-state index is 4.60. The first-order valence-electron chi connectivity index (χ1n) is 9.32. The van der Waals surface area contributed by atoms with Crippen LogP contribution in [0.3, 0.4) is 0 Å². The monoisotopic (exact) mass is 333 g/mol. The Hall–Kier alpha value is -2.43. The van der Waals surface area contributed by atoms with Crippen molar-refractivity contribution in [1.29, 1.82) is 0 Å². The summed E-state index contributed by atoms with van der Waals surface area (Å²) in [5.74, 6) is 2.85. The van der Waals surface area contributed by atoms with Gasteiger partial charge in [0.15, 0.2) is 0 Å². The summed E-state index contributed by atoms with van der Waals surface area (Å²) in [4.78, 5) is 7.12. The Morgan fingerprint density at radius 2 is 2.04 bits per heavy atom. The van der Waals surface area contributed by atoms with Gasteiger partial charge in [0, 0.05) is 49.2 Å². The second-order valence-corrected chi connectivity index (χ2v) is 7.32. The quantitative estimate of drug-likeness (QED) is 0.720. The summed E-state index contributed by atoms with van der Waals surface area (Å²) in [5, 5.41) is 10.2. The van der Waals surface area contributed by atoms with Gasteiger partial charge in [-0.15, -0.1) is 10.2 Å². The molecule has 5 heteroatoms. The van der Waals surface area contributed by atoms with Gasteiger partial charge in [0.2, 0.25) is 0 Å². The minimum Gasteiger partial charge on any atom is -0.370 e. The van der Waals surface area contributed by atoms with Gasteiger partial charge in [-0.1, -0.05) is 18.2 Å². The number of aryl methyl sites for hydroxylation is 2. The molecule has 2 aromatic heterocycles. The fraction of sp³-hybridized carbons (Fsp3) is 0.450. The molecule has 3 aromatic rings. The van der Waals surface area contributed by atoms with Crippen molar-refractivity contribution in [2.75, 3.05) is 18.0 Å². The maximum absolute atomic E-state index is 4.60. The lowest BCUT2D eigenvalue weighted by atomic mass is 9.96. The third-order valence-electron chi connectivity index (χ3n) is 5.72. The standard InChI is InChI=1S/C20H23N5/c1-14-5-2-7-16-17(9-10-21-19(14)16)24-11-3-6-15(13-24)20-23-22-18-8-4-12-25(18)20/h2,5,7,9-10,15H,3-4,6,8,11-13H2,1H3. The van der Waals surface area contributed by atoms with Crippen LogP contribution in [0.2, 0.25) is 0 Å². The van der Waals surface area contributed by atoms with E-state index in [0.717, 1.165) is 31.6 Å². The number of hydrogen-bond donors (Lipinski definition) is 0. The van der Waals surface area contributed by atoms with Gasteiger partial charge in [-0.2, -0.15) is 0 Å². The number of aromatic nitrogens is 4. The van der Waals surface area contributed by atoms with E-state index in [0.29, 0.717) is 5.92 Å². The fourth-order valence-corrected chi connectivity index (χ4v) is 4.47. The average molecular weight is 333 g/mol. The highest BCUT2D eigenvalue weighted by molar-refractivity contribution is 5.93. The third-order valence-corrected chi connectivity index (χ3v) is 5.72. The zero-order valence-electron chi connectivity index (χ0n) is 14.6. The van der Waals surface area contributed by atoms with Crippen LogP contribution < -0.4 is 4.90 Å². The van der Waals surface area contributed by atoms with Crippen LogP contribution in [0.25, 0.3) is 10.9 Å². The molecule has 0 saturated carbocycles. The number of piperidine rings is 1. The molecule has 5 nitrogen and oxygen atoms in total. The summed E-state index contributed by atoms with van der Waals surface area (Å²) in [5.41, 5.74) is 3.66. The first-order valence-corrected chi connectivity index (χ1v) is 9.32. The summed E-state index contributed by atoms with van der Waals surface area (Å²) in [6.45, 7) is 5.35. The number of hydrogen-bond acceptors (Lipinski definition) is 4. The molecular formula is C20H23N5. The summed E-state index contributed by atoms with van der Waals surface area (Å²) in [6, 6.07) is 8.63. The Balaban J connectivity index is 1.50. The van der Waals surface area contributed by atoms with Crippen molar-refractivity contribution in [3.05, 3.63) is 47.7 Å². The van der Waals surface area contributed by atoms with E-state index >= 15 is 0 Å². The molecule has 1 atom stereocenters. The van der Waals surface area contributed by atoms with E-state index in [2.05, 4.69) is 55.8 Å². The zero-order valence-corrected chi connectivity index (χ0v) is 14.6. The highest BCUT2D eigenvalue weighted by atomic mass is 15.3. The lowest BCUT2D eigenvalue weighted by Crippen LogP contribution is -2.35. The van der Waals surface area contributed by atoms with E-state index in [9.17, 15) is 0 Å². The van der Waals surface area contributed by atoms with E-state index in [1.807, 2.05) is 6.20 Å². The number of fused-ring (bicyclic) bond motifs is 2. The molecule has 0 amide bonds. The Labute approximate surface area is 147 Å². The average Bonchev–Trinajstić information content (AvgIpc) is 3.25. The van der Waals surface area contributed by atoms with E-state index in [4.69, 9.17) is 0 Å². The first-order chi connectivity index (χ1) is 12.3. The molecule has 0 radical (unpaired) electrons. The van der Waals surface area contributed by atoms with Gasteiger partial charge in [0.1, 0.15) is 11.6 Å². The molecule has 2 aliphatic rings. The largest absolute Gasteiger partial charge is 0.370 e. The Morgan fingerprint density at radius 3 is 3.00 bits per heavy atom. The van der Waals surface area contributed by atoms with Crippen molar-refractivity contribution < 1.29 is 0 Å². The third kappa shape index (κ3) is 2.41. The molecule has 0 bridgehead atoms. The van der Waals surface area contributed by atoms with Gasteiger partial charge in [-0.25, -0.2) is 0 Å². The van der Waals surface area contributed by atoms with E-state index in [1.165, 1.54) is 47.5 Å². The molecule has 2 aliphatic heterocycles. The van der Waals surface area contributed by atoms with Crippen molar-refractivity contribution >= 4 is 16.6 Å². The zero-order chi connectivity index (χ0) is 16.8. The van der Waals surface area contributed by atoms with Crippen LogP contribution >= 0.6 is 0 Å². The van der Waals surface area contributed by atoms with Crippen LogP contribution in [0, 0.1) is 6.92 Å². The normalized spacial score (nSPS) is 20.2. The Morgan fingerprint density at radius 1 is 1.08 bits per heavy atom. The predicted octanol–water partition coefficient (Wildman–Crippen LogP) is 3.46. The molecule has 1 aromatic carbocycles. The molecule has 1 unspecified atom stereocenters. The predicted molar refractivity (Wildman–Crippen MR) is 99.0 cm³/mol. The number of pyridine rings is 1. The van der Waals surface area contributed by atoms with Gasteiger partial charge in [-0.05, 0) is 37.8 Å². The number of para-hydroxylation sites is 1. The number of nitrogens with zero attached hydrogens (tertiary/aromatic N) is 5. The van der Waals surface area contributed by atoms with Gasteiger partial charge in [0.25, 0.3) is 0 Å². The van der Waals surface area contributed by atoms with Crippen LogP contribution in [0.5, 0.6) is 0 Å². The summed E-state index contributed by atoms with van der Waals surface area (Å²) in [6.07, 6.45) is 6.64. The molecule has 1 fully saturated rings. The van der Waals surface area contributed by atoms with E-state index < -0.39 is 0 Å². The minimum absolute atomic E-state index is 0.473. The Bertz CT molecular complexity index is 929. The van der Waals surface area contributed by atoms with Crippen molar-refractivity contribution in [2.24, 2.45) is 0 Å². The summed E-state index contributed by atoms with van der Waals surface area (Å²) in [7, 11) is 0. The molecule has 128 valence electrons. The van der Waals surface area contributed by atoms with Gasteiger partial charge in [0.05, 0.1) is 5.52 Å². The highest BCUT2D eigenvalue weighted by Gasteiger charge is 2.29. The molecule has 0 aliphatic carbocycles. The molecule has 25 heavy (non-hydrogen) atoms. The molecular weight excluding hydrogens is 310 g/mol. The van der Waals surface area contributed by atoms with Crippen molar-refractivity contribution in [3.63, 3.8) is 0 Å². The summed E-state index contributed by atoms with van der Waals surface area (Å²) >= 11 is 0. The number of rotatable bonds is 2. The van der Waals surface area contributed by atoms with Crippen LogP contribution in [0.4, 0.5) is 5.69 Å². The van der Waals surface area contributed by atoms with Gasteiger partial charge >= 0.3 is 0 Å². The first kappa shape index (κ1) is 14.9. The fourth-order valence-electron chi connectivity index (χ4n) is 4.47. The maximum Gasteiger partial charge on any atom is 0.137 e. The van der Waals surface area contributed by atoms with Crippen molar-refractivity contribution in [2.45, 2.75) is 45.1 Å². The van der Waals surface area contributed by atoms with Crippen molar-refractivity contribution in [3.8, 4) is 0 Å². The molecule has 1 saturated heterocycles. The molecule has 5 rings (SSSR count). The summed E-state index contributed by atoms with van der Waals surface area (Å²) < 4.78 is 2.36. The van der Waals surface area contributed by atoms with Gasteiger partial charge in [-0.3, -0.25) is 4.98 Å². The lowest BCUT2D eigenvalue weighted by Gasteiger charge is -2.34. The van der Waals surface area contributed by atoms with Crippen LogP contribution in [0.1, 0.15) is 42.4 Å². The van der Waals surface area contributed by atoms with E-state index in [1.54, 1.807) is 0 Å². The molecule has 0 N–H and O–H groups in total. The lowest BCUT2D eigenvalue weighted by molar-refractivity contribution is 0.474. The van der Waals surface area contributed by atoms with Crippen LogP contribution in [-0.2, 0) is 13.0 Å². The van der Waals surface area contributed by atoms with Gasteiger partial charge < -0.3 is 9.47 Å². The molecule has 4 heterocycles. The van der Waals surface area contributed by atoms with E-state index in [-0.39, 0.29) is 0 Å².